The second kappa shape index (κ2) is 7.00. The highest BCUT2D eigenvalue weighted by molar-refractivity contribution is 5.75. The molecule has 0 atom stereocenters. The summed E-state index contributed by atoms with van der Waals surface area (Å²) in [5.74, 6) is 0.708. The van der Waals surface area contributed by atoms with Crippen molar-refractivity contribution in [2.45, 2.75) is 58.8 Å². The summed E-state index contributed by atoms with van der Waals surface area (Å²) >= 11 is 0. The van der Waals surface area contributed by atoms with Gasteiger partial charge in [0.25, 0.3) is 0 Å². The van der Waals surface area contributed by atoms with Gasteiger partial charge in [0.2, 0.25) is 5.91 Å². The fraction of sp³-hybridized carbons (Fsp3) is 0.929. The van der Waals surface area contributed by atoms with Gasteiger partial charge < -0.3 is 10.4 Å². The molecule has 17 heavy (non-hydrogen) atoms. The van der Waals surface area contributed by atoms with Crippen LogP contribution >= 0.6 is 0 Å². The first-order chi connectivity index (χ1) is 8.08. The van der Waals surface area contributed by atoms with E-state index in [1.54, 1.807) is 0 Å². The van der Waals surface area contributed by atoms with Gasteiger partial charge in [0, 0.05) is 18.4 Å². The Morgan fingerprint density at radius 1 is 1.29 bits per heavy atom. The van der Waals surface area contributed by atoms with Gasteiger partial charge in [-0.3, -0.25) is 4.79 Å². The van der Waals surface area contributed by atoms with Gasteiger partial charge >= 0.3 is 0 Å². The van der Waals surface area contributed by atoms with E-state index in [4.69, 9.17) is 0 Å². The van der Waals surface area contributed by atoms with Crippen LogP contribution < -0.4 is 5.32 Å². The number of aliphatic hydroxyl groups excluding tert-OH is 1. The summed E-state index contributed by atoms with van der Waals surface area (Å²) < 4.78 is 0. The highest BCUT2D eigenvalue weighted by atomic mass is 16.3. The van der Waals surface area contributed by atoms with Crippen LogP contribution in [0.3, 0.4) is 0 Å². The maximum atomic E-state index is 11.7. The molecule has 0 heterocycles. The predicted octanol–water partition coefficient (Wildman–Crippen LogP) is 2.48. The van der Waals surface area contributed by atoms with E-state index in [9.17, 15) is 9.90 Å². The van der Waals surface area contributed by atoms with E-state index in [0.29, 0.717) is 18.9 Å². The minimum absolute atomic E-state index is 0.0360. The molecule has 0 aromatic heterocycles. The molecular formula is C14H27NO2. The van der Waals surface area contributed by atoms with Crippen LogP contribution in [0.1, 0.15) is 58.8 Å². The molecule has 1 aliphatic carbocycles. The second-order valence-electron chi connectivity index (χ2n) is 5.93. The van der Waals surface area contributed by atoms with Crippen molar-refractivity contribution in [3.8, 4) is 0 Å². The summed E-state index contributed by atoms with van der Waals surface area (Å²) in [5, 5.41) is 12.5. The Morgan fingerprint density at radius 2 is 1.94 bits per heavy atom. The van der Waals surface area contributed by atoms with Crippen LogP contribution in [0.5, 0.6) is 0 Å². The normalized spacial score (nSPS) is 19.3. The van der Waals surface area contributed by atoms with Gasteiger partial charge in [-0.25, -0.2) is 0 Å². The van der Waals surface area contributed by atoms with E-state index in [2.05, 4.69) is 19.2 Å². The fourth-order valence-electron chi connectivity index (χ4n) is 2.49. The Hall–Kier alpha value is -0.570. The summed E-state index contributed by atoms with van der Waals surface area (Å²) in [6.45, 7) is 5.12. The van der Waals surface area contributed by atoms with Crippen LogP contribution in [0.4, 0.5) is 0 Å². The number of carbonyl (C=O) groups is 1. The zero-order valence-corrected chi connectivity index (χ0v) is 11.3. The van der Waals surface area contributed by atoms with Crippen molar-refractivity contribution in [3.63, 3.8) is 0 Å². The number of amides is 1. The third kappa shape index (κ3) is 5.07. The molecular weight excluding hydrogens is 214 g/mol. The lowest BCUT2D eigenvalue weighted by atomic mass is 9.74. The minimum Gasteiger partial charge on any atom is -0.396 e. The lowest BCUT2D eigenvalue weighted by Crippen LogP contribution is -2.41. The molecule has 0 spiro atoms. The highest BCUT2D eigenvalue weighted by Crippen LogP contribution is 2.35. The van der Waals surface area contributed by atoms with Gasteiger partial charge in [-0.1, -0.05) is 33.1 Å². The smallest absolute Gasteiger partial charge is 0.220 e. The topological polar surface area (TPSA) is 49.3 Å². The van der Waals surface area contributed by atoms with E-state index in [-0.39, 0.29) is 17.9 Å². The van der Waals surface area contributed by atoms with Crippen LogP contribution in [0.2, 0.25) is 0 Å². The molecule has 0 aromatic carbocycles. The largest absolute Gasteiger partial charge is 0.396 e. The summed E-state index contributed by atoms with van der Waals surface area (Å²) in [4.78, 5) is 11.7. The third-order valence-corrected chi connectivity index (χ3v) is 3.86. The summed E-state index contributed by atoms with van der Waals surface area (Å²) in [6.07, 6.45) is 7.28. The second-order valence-corrected chi connectivity index (χ2v) is 5.93. The first-order valence-electron chi connectivity index (χ1n) is 6.95. The molecule has 0 bridgehead atoms. The molecule has 0 aromatic rings. The number of hydrogen-bond donors (Lipinski definition) is 2. The molecule has 2 N–H and O–H groups in total. The Bertz CT molecular complexity index is 232. The molecule has 0 radical (unpaired) electrons. The van der Waals surface area contributed by atoms with Crippen molar-refractivity contribution >= 4 is 5.91 Å². The summed E-state index contributed by atoms with van der Waals surface area (Å²) in [6, 6.07) is 0. The lowest BCUT2D eigenvalue weighted by Gasteiger charge is -2.35. The van der Waals surface area contributed by atoms with Crippen molar-refractivity contribution in [3.05, 3.63) is 0 Å². The van der Waals surface area contributed by atoms with Crippen LogP contribution in [-0.4, -0.2) is 24.2 Å². The number of rotatable bonds is 6. The lowest BCUT2D eigenvalue weighted by molar-refractivity contribution is -0.122. The van der Waals surface area contributed by atoms with Crippen LogP contribution in [0, 0.1) is 11.3 Å². The number of nitrogens with one attached hydrogen (secondary N) is 1. The molecule has 1 amide bonds. The molecule has 1 saturated carbocycles. The van der Waals surface area contributed by atoms with Crippen molar-refractivity contribution in [1.82, 2.24) is 5.32 Å². The van der Waals surface area contributed by atoms with E-state index in [1.165, 1.54) is 19.3 Å². The summed E-state index contributed by atoms with van der Waals surface area (Å²) in [5.41, 5.74) is -0.0360. The van der Waals surface area contributed by atoms with Crippen molar-refractivity contribution in [1.29, 1.82) is 0 Å². The van der Waals surface area contributed by atoms with E-state index >= 15 is 0 Å². The zero-order chi connectivity index (χ0) is 12.7. The SMILES string of the molecule is CC(C)CCC(=O)NCC1(CO)CCCCC1. The minimum atomic E-state index is -0.0360. The molecule has 0 unspecified atom stereocenters. The predicted molar refractivity (Wildman–Crippen MR) is 69.7 cm³/mol. The van der Waals surface area contributed by atoms with Crippen molar-refractivity contribution < 1.29 is 9.90 Å². The molecule has 1 rings (SSSR count). The highest BCUT2D eigenvalue weighted by Gasteiger charge is 2.31. The zero-order valence-electron chi connectivity index (χ0n) is 11.3. The summed E-state index contributed by atoms with van der Waals surface area (Å²) in [7, 11) is 0. The number of hydrogen-bond acceptors (Lipinski definition) is 2. The van der Waals surface area contributed by atoms with Crippen molar-refractivity contribution in [2.24, 2.45) is 11.3 Å². The Labute approximate surface area is 105 Å². The van der Waals surface area contributed by atoms with E-state index < -0.39 is 0 Å². The molecule has 100 valence electrons. The third-order valence-electron chi connectivity index (χ3n) is 3.86. The average Bonchev–Trinajstić information content (AvgIpc) is 2.35. The quantitative estimate of drug-likeness (QED) is 0.750. The number of aliphatic hydroxyl groups is 1. The maximum Gasteiger partial charge on any atom is 0.220 e. The Kier molecular flexibility index (Phi) is 5.96. The molecule has 0 aliphatic heterocycles. The van der Waals surface area contributed by atoms with Crippen LogP contribution in [-0.2, 0) is 4.79 Å². The van der Waals surface area contributed by atoms with E-state index in [0.717, 1.165) is 19.3 Å². The monoisotopic (exact) mass is 241 g/mol. The molecule has 3 heteroatoms. The van der Waals surface area contributed by atoms with Crippen molar-refractivity contribution in [2.75, 3.05) is 13.2 Å². The molecule has 1 aliphatic rings. The van der Waals surface area contributed by atoms with Gasteiger partial charge in [-0.2, -0.15) is 0 Å². The van der Waals surface area contributed by atoms with Gasteiger partial charge in [-0.05, 0) is 25.2 Å². The van der Waals surface area contributed by atoms with Gasteiger partial charge in [-0.15, -0.1) is 0 Å². The molecule has 0 saturated heterocycles. The first-order valence-corrected chi connectivity index (χ1v) is 6.95. The Morgan fingerprint density at radius 3 is 2.47 bits per heavy atom. The standard InChI is InChI=1S/C14H27NO2/c1-12(2)6-7-13(17)15-10-14(11-16)8-4-3-5-9-14/h12,16H,3-11H2,1-2H3,(H,15,17). The maximum absolute atomic E-state index is 11.7. The van der Waals surface area contributed by atoms with Gasteiger partial charge in [0.15, 0.2) is 0 Å². The van der Waals surface area contributed by atoms with Gasteiger partial charge in [0.05, 0.1) is 6.61 Å². The molecule has 3 nitrogen and oxygen atoms in total. The average molecular weight is 241 g/mol. The molecule has 1 fully saturated rings. The van der Waals surface area contributed by atoms with Crippen LogP contribution in [0.25, 0.3) is 0 Å². The Balaban J connectivity index is 2.29. The van der Waals surface area contributed by atoms with E-state index in [1.807, 2.05) is 0 Å². The van der Waals surface area contributed by atoms with Gasteiger partial charge in [0.1, 0.15) is 0 Å². The number of carbonyl (C=O) groups excluding carboxylic acids is 1. The first kappa shape index (κ1) is 14.5. The fourth-order valence-corrected chi connectivity index (χ4v) is 2.49. The van der Waals surface area contributed by atoms with Crippen LogP contribution in [0.15, 0.2) is 0 Å².